The van der Waals surface area contributed by atoms with Crippen LogP contribution in [-0.2, 0) is 0 Å². The molecule has 0 saturated carbocycles. The van der Waals surface area contributed by atoms with Crippen LogP contribution in [0.5, 0.6) is 0 Å². The highest BCUT2D eigenvalue weighted by molar-refractivity contribution is 9.10. The fourth-order valence-electron chi connectivity index (χ4n) is 2.21. The predicted octanol–water partition coefficient (Wildman–Crippen LogP) is 4.32. The lowest BCUT2D eigenvalue weighted by molar-refractivity contribution is 0.101. The molecule has 0 radical (unpaired) electrons. The number of ketones is 1. The van der Waals surface area contributed by atoms with E-state index in [1.807, 2.05) is 31.2 Å². The maximum absolute atomic E-state index is 11.6. The highest BCUT2D eigenvalue weighted by Gasteiger charge is 2.17. The number of carbonyl (C=O) groups excluding carboxylic acids is 1. The van der Waals surface area contributed by atoms with E-state index >= 15 is 0 Å². The van der Waals surface area contributed by atoms with E-state index in [0.29, 0.717) is 16.2 Å². The number of hydrogen-bond acceptors (Lipinski definition) is 3. The second-order valence-electron chi connectivity index (χ2n) is 4.72. The molecule has 0 N–H and O–H groups in total. The Balaban J connectivity index is 2.26. The van der Waals surface area contributed by atoms with Gasteiger partial charge in [-0.3, -0.25) is 4.79 Å². The van der Waals surface area contributed by atoms with Gasteiger partial charge in [-0.2, -0.15) is 5.10 Å². The number of carbonyl (C=O) groups is 1. The third kappa shape index (κ3) is 2.36. The molecule has 3 aromatic rings. The van der Waals surface area contributed by atoms with Gasteiger partial charge in [0.25, 0.3) is 0 Å². The smallest absolute Gasteiger partial charge is 0.170 e. The Morgan fingerprint density at radius 2 is 1.95 bits per heavy atom. The Morgan fingerprint density at radius 1 is 1.29 bits per heavy atom. The lowest BCUT2D eigenvalue weighted by Gasteiger charge is -2.03. The lowest BCUT2D eigenvalue weighted by Crippen LogP contribution is -2.05. The van der Waals surface area contributed by atoms with Crippen LogP contribution in [0.25, 0.3) is 16.9 Å². The first-order chi connectivity index (χ1) is 9.99. The van der Waals surface area contributed by atoms with Gasteiger partial charge >= 0.3 is 0 Å². The van der Waals surface area contributed by atoms with Crippen LogP contribution < -0.4 is 0 Å². The maximum Gasteiger partial charge on any atom is 0.170 e. The number of fused-ring (bicyclic) bond motifs is 1. The predicted molar refractivity (Wildman–Crippen MR) is 85.9 cm³/mol. The molecule has 6 heteroatoms. The van der Waals surface area contributed by atoms with E-state index < -0.39 is 0 Å². The van der Waals surface area contributed by atoms with Gasteiger partial charge < -0.3 is 0 Å². The molecule has 0 bridgehead atoms. The Bertz CT molecular complexity index is 855. The summed E-state index contributed by atoms with van der Waals surface area (Å²) in [5.41, 5.74) is 3.72. The van der Waals surface area contributed by atoms with Gasteiger partial charge in [0.05, 0.1) is 15.7 Å². The van der Waals surface area contributed by atoms with Gasteiger partial charge in [-0.05, 0) is 41.9 Å². The Kier molecular flexibility index (Phi) is 3.55. The number of rotatable bonds is 2. The number of benzene rings is 1. The largest absolute Gasteiger partial charge is 0.294 e. The molecule has 0 aliphatic carbocycles. The summed E-state index contributed by atoms with van der Waals surface area (Å²) in [6.45, 7) is 3.38. The molecule has 0 spiro atoms. The molecule has 0 atom stereocenters. The van der Waals surface area contributed by atoms with Gasteiger partial charge in [0, 0.05) is 16.8 Å². The number of aryl methyl sites for hydroxylation is 1. The molecule has 0 fully saturated rings. The zero-order chi connectivity index (χ0) is 15.1. The topological polar surface area (TPSA) is 47.3 Å². The van der Waals surface area contributed by atoms with Crippen LogP contribution in [0.2, 0.25) is 5.02 Å². The second kappa shape index (κ2) is 5.24. The van der Waals surface area contributed by atoms with Crippen molar-refractivity contribution in [1.29, 1.82) is 0 Å². The average Bonchev–Trinajstić information content (AvgIpc) is 2.78. The minimum Gasteiger partial charge on any atom is -0.294 e. The van der Waals surface area contributed by atoms with Crippen LogP contribution >= 0.6 is 27.5 Å². The SMILES string of the molecule is CC(=O)c1cnc2c(Br)c(-c3ccc(Cl)cc3)nn2c1C. The molecule has 0 saturated heterocycles. The fraction of sp³-hybridized carbons (Fsp3) is 0.133. The quantitative estimate of drug-likeness (QED) is 0.636. The van der Waals surface area contributed by atoms with Crippen molar-refractivity contribution in [3.05, 3.63) is 51.2 Å². The third-order valence-electron chi connectivity index (χ3n) is 3.33. The van der Waals surface area contributed by atoms with E-state index in [9.17, 15) is 4.79 Å². The molecule has 1 aromatic carbocycles. The molecule has 0 aliphatic heterocycles. The summed E-state index contributed by atoms with van der Waals surface area (Å²) in [5, 5.41) is 5.24. The average molecular weight is 365 g/mol. The van der Waals surface area contributed by atoms with Gasteiger partial charge in [0.2, 0.25) is 0 Å². The number of aromatic nitrogens is 3. The van der Waals surface area contributed by atoms with Crippen molar-refractivity contribution in [2.75, 3.05) is 0 Å². The van der Waals surface area contributed by atoms with Gasteiger partial charge in [-0.25, -0.2) is 9.50 Å². The van der Waals surface area contributed by atoms with Crippen LogP contribution in [0, 0.1) is 6.92 Å². The fourth-order valence-corrected chi connectivity index (χ4v) is 2.91. The summed E-state index contributed by atoms with van der Waals surface area (Å²) < 4.78 is 2.48. The molecule has 0 unspecified atom stereocenters. The normalized spacial score (nSPS) is 11.0. The van der Waals surface area contributed by atoms with Gasteiger partial charge in [0.15, 0.2) is 11.4 Å². The first-order valence-electron chi connectivity index (χ1n) is 6.29. The summed E-state index contributed by atoms with van der Waals surface area (Å²) in [6.07, 6.45) is 1.59. The number of nitrogens with zero attached hydrogens (tertiary/aromatic N) is 3. The van der Waals surface area contributed by atoms with Crippen LogP contribution in [-0.4, -0.2) is 20.4 Å². The van der Waals surface area contributed by atoms with Crippen molar-refractivity contribution in [1.82, 2.24) is 14.6 Å². The molecule has 0 aliphatic rings. The third-order valence-corrected chi connectivity index (χ3v) is 4.31. The highest BCUT2D eigenvalue weighted by Crippen LogP contribution is 2.31. The van der Waals surface area contributed by atoms with Crippen molar-refractivity contribution in [3.63, 3.8) is 0 Å². The Labute approximate surface area is 134 Å². The maximum atomic E-state index is 11.6. The zero-order valence-electron chi connectivity index (χ0n) is 11.4. The molecule has 106 valence electrons. The minimum absolute atomic E-state index is 0.0263. The second-order valence-corrected chi connectivity index (χ2v) is 5.95. The summed E-state index contributed by atoms with van der Waals surface area (Å²) in [6, 6.07) is 7.43. The van der Waals surface area contributed by atoms with Gasteiger partial charge in [0.1, 0.15) is 5.69 Å². The van der Waals surface area contributed by atoms with Crippen LogP contribution in [0.1, 0.15) is 23.0 Å². The van der Waals surface area contributed by atoms with Gasteiger partial charge in [-0.15, -0.1) is 0 Å². The van der Waals surface area contributed by atoms with E-state index in [1.165, 1.54) is 6.92 Å². The zero-order valence-corrected chi connectivity index (χ0v) is 13.7. The van der Waals surface area contributed by atoms with Crippen LogP contribution in [0.4, 0.5) is 0 Å². The van der Waals surface area contributed by atoms with E-state index in [0.717, 1.165) is 21.4 Å². The molecule has 3 rings (SSSR count). The van der Waals surface area contributed by atoms with Crippen molar-refractivity contribution in [2.45, 2.75) is 13.8 Å². The Hall–Kier alpha value is -1.72. The van der Waals surface area contributed by atoms with Crippen LogP contribution in [0.3, 0.4) is 0 Å². The standard InChI is InChI=1S/C15H11BrClN3O/c1-8-12(9(2)21)7-18-15-13(16)14(19-20(8)15)10-3-5-11(17)6-4-10/h3-7H,1-2H3. The molecule has 21 heavy (non-hydrogen) atoms. The number of Topliss-reactive ketones (excluding diaryl/α,β-unsaturated/α-hetero) is 1. The summed E-state index contributed by atoms with van der Waals surface area (Å²) in [7, 11) is 0. The van der Waals surface area contributed by atoms with E-state index in [2.05, 4.69) is 26.0 Å². The molecule has 2 heterocycles. The summed E-state index contributed by atoms with van der Waals surface area (Å²) in [4.78, 5) is 15.9. The van der Waals surface area contributed by atoms with E-state index in [4.69, 9.17) is 11.6 Å². The Morgan fingerprint density at radius 3 is 2.57 bits per heavy atom. The number of halogens is 2. The summed E-state index contributed by atoms with van der Waals surface area (Å²) in [5.74, 6) is -0.0263. The van der Waals surface area contributed by atoms with Crippen molar-refractivity contribution >= 4 is 39.0 Å². The first kappa shape index (κ1) is 14.2. The highest BCUT2D eigenvalue weighted by atomic mass is 79.9. The van der Waals surface area contributed by atoms with E-state index in [-0.39, 0.29) is 5.78 Å². The van der Waals surface area contributed by atoms with Gasteiger partial charge in [-0.1, -0.05) is 23.7 Å². The minimum atomic E-state index is -0.0263. The van der Waals surface area contributed by atoms with Crippen LogP contribution in [0.15, 0.2) is 34.9 Å². The van der Waals surface area contributed by atoms with Crippen molar-refractivity contribution in [2.24, 2.45) is 0 Å². The molecular weight excluding hydrogens is 354 g/mol. The molecule has 4 nitrogen and oxygen atoms in total. The molecular formula is C15H11BrClN3O. The summed E-state index contributed by atoms with van der Waals surface area (Å²) >= 11 is 9.45. The number of hydrogen-bond donors (Lipinski definition) is 0. The monoisotopic (exact) mass is 363 g/mol. The molecule has 2 aromatic heterocycles. The van der Waals surface area contributed by atoms with Crippen molar-refractivity contribution < 1.29 is 4.79 Å². The van der Waals surface area contributed by atoms with Crippen molar-refractivity contribution in [3.8, 4) is 11.3 Å². The molecule has 0 amide bonds. The lowest BCUT2D eigenvalue weighted by atomic mass is 10.1. The first-order valence-corrected chi connectivity index (χ1v) is 7.47. The van der Waals surface area contributed by atoms with E-state index in [1.54, 1.807) is 10.7 Å².